The molecule has 0 saturated carbocycles. The molecule has 0 saturated heterocycles. The molecule has 98 valence electrons. The number of anilines is 1. The first-order valence-electron chi connectivity index (χ1n) is 6.19. The van der Waals surface area contributed by atoms with Gasteiger partial charge in [0.25, 0.3) is 0 Å². The minimum absolute atomic E-state index is 0.0923. The second-order valence-electron chi connectivity index (χ2n) is 4.63. The maximum Gasteiger partial charge on any atom is 0.143 e. The van der Waals surface area contributed by atoms with Crippen molar-refractivity contribution < 1.29 is 4.39 Å². The highest BCUT2D eigenvalue weighted by molar-refractivity contribution is 5.57. The SMILES string of the molecule is CC(C)N(C)CCCNc1cccc(F)c1C#N. The number of rotatable bonds is 6. The Morgan fingerprint density at radius 3 is 2.78 bits per heavy atom. The summed E-state index contributed by atoms with van der Waals surface area (Å²) in [5.74, 6) is -0.471. The summed E-state index contributed by atoms with van der Waals surface area (Å²) in [7, 11) is 2.08. The van der Waals surface area contributed by atoms with Crippen molar-refractivity contribution in [2.24, 2.45) is 0 Å². The summed E-state index contributed by atoms with van der Waals surface area (Å²) in [5, 5.41) is 12.0. The second kappa shape index (κ2) is 6.97. The monoisotopic (exact) mass is 249 g/mol. The van der Waals surface area contributed by atoms with E-state index >= 15 is 0 Å². The van der Waals surface area contributed by atoms with E-state index in [0.29, 0.717) is 11.7 Å². The van der Waals surface area contributed by atoms with E-state index in [1.165, 1.54) is 6.07 Å². The van der Waals surface area contributed by atoms with Gasteiger partial charge in [-0.2, -0.15) is 5.26 Å². The molecule has 0 bridgehead atoms. The Morgan fingerprint density at radius 2 is 2.17 bits per heavy atom. The van der Waals surface area contributed by atoms with Crippen molar-refractivity contribution >= 4 is 5.69 Å². The number of hydrogen-bond acceptors (Lipinski definition) is 3. The fourth-order valence-electron chi connectivity index (χ4n) is 1.59. The van der Waals surface area contributed by atoms with Gasteiger partial charge in [0.05, 0.1) is 5.69 Å². The first-order chi connectivity index (χ1) is 8.56. The zero-order valence-corrected chi connectivity index (χ0v) is 11.2. The van der Waals surface area contributed by atoms with Crippen molar-refractivity contribution in [2.45, 2.75) is 26.3 Å². The van der Waals surface area contributed by atoms with Crippen LogP contribution in [0.5, 0.6) is 0 Å². The van der Waals surface area contributed by atoms with Gasteiger partial charge in [0.2, 0.25) is 0 Å². The molecule has 1 N–H and O–H groups in total. The van der Waals surface area contributed by atoms with Gasteiger partial charge in [-0.05, 0) is 46.0 Å². The van der Waals surface area contributed by atoms with Crippen molar-refractivity contribution in [3.8, 4) is 6.07 Å². The quantitative estimate of drug-likeness (QED) is 0.788. The largest absolute Gasteiger partial charge is 0.384 e. The summed E-state index contributed by atoms with van der Waals surface area (Å²) in [6.07, 6.45) is 0.954. The molecule has 0 unspecified atom stereocenters. The predicted octanol–water partition coefficient (Wildman–Crippen LogP) is 2.84. The smallest absolute Gasteiger partial charge is 0.143 e. The molecule has 0 aliphatic rings. The summed E-state index contributed by atoms with van der Waals surface area (Å²) >= 11 is 0. The summed E-state index contributed by atoms with van der Waals surface area (Å²) in [4.78, 5) is 2.25. The van der Waals surface area contributed by atoms with Crippen LogP contribution in [0.4, 0.5) is 10.1 Å². The topological polar surface area (TPSA) is 39.1 Å². The van der Waals surface area contributed by atoms with E-state index in [-0.39, 0.29) is 5.56 Å². The molecule has 0 spiro atoms. The average Bonchev–Trinajstić information content (AvgIpc) is 2.34. The Morgan fingerprint density at radius 1 is 1.44 bits per heavy atom. The zero-order chi connectivity index (χ0) is 13.5. The molecule has 0 aromatic heterocycles. The number of halogens is 1. The van der Waals surface area contributed by atoms with Crippen LogP contribution in [-0.4, -0.2) is 31.1 Å². The normalized spacial score (nSPS) is 10.7. The van der Waals surface area contributed by atoms with Gasteiger partial charge >= 0.3 is 0 Å². The summed E-state index contributed by atoms with van der Waals surface area (Å²) in [6, 6.07) is 7.05. The Kier molecular flexibility index (Phi) is 5.60. The molecule has 1 aromatic rings. The van der Waals surface area contributed by atoms with Gasteiger partial charge in [-0.15, -0.1) is 0 Å². The molecule has 0 radical (unpaired) electrons. The minimum Gasteiger partial charge on any atom is -0.384 e. The van der Waals surface area contributed by atoms with Crippen LogP contribution < -0.4 is 5.32 Å². The van der Waals surface area contributed by atoms with Crippen LogP contribution in [0, 0.1) is 17.1 Å². The van der Waals surface area contributed by atoms with Crippen molar-refractivity contribution in [3.63, 3.8) is 0 Å². The maximum atomic E-state index is 13.3. The zero-order valence-electron chi connectivity index (χ0n) is 11.2. The molecule has 18 heavy (non-hydrogen) atoms. The molecule has 4 heteroatoms. The maximum absolute atomic E-state index is 13.3. The Balaban J connectivity index is 2.45. The summed E-state index contributed by atoms with van der Waals surface area (Å²) in [5.41, 5.74) is 0.666. The highest BCUT2D eigenvalue weighted by Crippen LogP contribution is 2.17. The van der Waals surface area contributed by atoms with Crippen molar-refractivity contribution in [2.75, 3.05) is 25.5 Å². The van der Waals surface area contributed by atoms with E-state index in [0.717, 1.165) is 19.5 Å². The average molecular weight is 249 g/mol. The van der Waals surface area contributed by atoms with E-state index in [9.17, 15) is 4.39 Å². The van der Waals surface area contributed by atoms with Gasteiger partial charge in [-0.1, -0.05) is 6.07 Å². The van der Waals surface area contributed by atoms with Gasteiger partial charge in [0.1, 0.15) is 17.4 Å². The Labute approximate surface area is 108 Å². The number of nitrogens with one attached hydrogen (secondary N) is 1. The molecule has 0 atom stereocenters. The molecule has 0 fully saturated rings. The first-order valence-corrected chi connectivity index (χ1v) is 6.19. The third-order valence-corrected chi connectivity index (χ3v) is 3.01. The van der Waals surface area contributed by atoms with E-state index in [1.54, 1.807) is 12.1 Å². The van der Waals surface area contributed by atoms with Crippen molar-refractivity contribution in [1.82, 2.24) is 4.90 Å². The molecule has 0 amide bonds. The Hall–Kier alpha value is -1.60. The molecule has 0 aliphatic heterocycles. The van der Waals surface area contributed by atoms with Gasteiger partial charge in [0, 0.05) is 12.6 Å². The molecule has 3 nitrogen and oxygen atoms in total. The number of nitriles is 1. The second-order valence-corrected chi connectivity index (χ2v) is 4.63. The summed E-state index contributed by atoms with van der Waals surface area (Å²) < 4.78 is 13.3. The molecule has 1 aromatic carbocycles. The van der Waals surface area contributed by atoms with Gasteiger partial charge in [-0.25, -0.2) is 4.39 Å². The third-order valence-electron chi connectivity index (χ3n) is 3.01. The molecule has 0 heterocycles. The fraction of sp³-hybridized carbons (Fsp3) is 0.500. The van der Waals surface area contributed by atoms with E-state index in [1.807, 2.05) is 6.07 Å². The summed E-state index contributed by atoms with van der Waals surface area (Å²) in [6.45, 7) is 6.00. The number of nitrogens with zero attached hydrogens (tertiary/aromatic N) is 2. The van der Waals surface area contributed by atoms with Crippen LogP contribution in [0.1, 0.15) is 25.8 Å². The van der Waals surface area contributed by atoms with Crippen LogP contribution in [0.3, 0.4) is 0 Å². The molecular formula is C14H20FN3. The first kappa shape index (κ1) is 14.5. The number of benzene rings is 1. The lowest BCUT2D eigenvalue weighted by atomic mass is 10.2. The van der Waals surface area contributed by atoms with Crippen LogP contribution in [0.25, 0.3) is 0 Å². The third kappa shape index (κ3) is 4.01. The lowest BCUT2D eigenvalue weighted by molar-refractivity contribution is 0.273. The van der Waals surface area contributed by atoms with E-state index in [4.69, 9.17) is 5.26 Å². The minimum atomic E-state index is -0.471. The van der Waals surface area contributed by atoms with E-state index in [2.05, 4.69) is 31.1 Å². The van der Waals surface area contributed by atoms with Gasteiger partial charge in [0.15, 0.2) is 0 Å². The lowest BCUT2D eigenvalue weighted by Gasteiger charge is -2.20. The van der Waals surface area contributed by atoms with Gasteiger partial charge in [-0.3, -0.25) is 0 Å². The van der Waals surface area contributed by atoms with Crippen molar-refractivity contribution in [3.05, 3.63) is 29.6 Å². The van der Waals surface area contributed by atoms with Crippen LogP contribution in [-0.2, 0) is 0 Å². The number of hydrogen-bond donors (Lipinski definition) is 1. The highest BCUT2D eigenvalue weighted by Gasteiger charge is 2.07. The van der Waals surface area contributed by atoms with Crippen LogP contribution in [0.15, 0.2) is 18.2 Å². The molecule has 1 rings (SSSR count). The lowest BCUT2D eigenvalue weighted by Crippen LogP contribution is -2.28. The van der Waals surface area contributed by atoms with Crippen LogP contribution >= 0.6 is 0 Å². The molecule has 0 aliphatic carbocycles. The molecular weight excluding hydrogens is 229 g/mol. The fourth-order valence-corrected chi connectivity index (χ4v) is 1.59. The van der Waals surface area contributed by atoms with Crippen molar-refractivity contribution in [1.29, 1.82) is 5.26 Å². The standard InChI is InChI=1S/C14H20FN3/c1-11(2)18(3)9-5-8-17-14-7-4-6-13(15)12(14)10-16/h4,6-7,11,17H,5,8-9H2,1-3H3. The predicted molar refractivity (Wildman–Crippen MR) is 72.0 cm³/mol. The highest BCUT2D eigenvalue weighted by atomic mass is 19.1. The Bertz CT molecular complexity index is 424. The van der Waals surface area contributed by atoms with Crippen LogP contribution in [0.2, 0.25) is 0 Å². The van der Waals surface area contributed by atoms with E-state index < -0.39 is 5.82 Å². The van der Waals surface area contributed by atoms with Gasteiger partial charge < -0.3 is 10.2 Å².